The van der Waals surface area contributed by atoms with E-state index in [1.54, 1.807) is 43.1 Å². The van der Waals surface area contributed by atoms with Gasteiger partial charge in [0.2, 0.25) is 0 Å². The van der Waals surface area contributed by atoms with Crippen LogP contribution in [-0.2, 0) is 12.3 Å². The Morgan fingerprint density at radius 3 is 2.56 bits per heavy atom. The number of nitrogens with zero attached hydrogens (tertiary/aromatic N) is 2. The topological polar surface area (TPSA) is 46.3 Å². The number of amides is 1. The normalized spacial score (nSPS) is 10.8. The number of benzene rings is 2. The highest BCUT2D eigenvalue weighted by molar-refractivity contribution is 7.98. The Morgan fingerprint density at radius 1 is 1.15 bits per heavy atom. The first-order valence-electron chi connectivity index (χ1n) is 8.60. The molecule has 4 nitrogen and oxygen atoms in total. The molecule has 0 aliphatic heterocycles. The van der Waals surface area contributed by atoms with Gasteiger partial charge >= 0.3 is 0 Å². The number of carbonyl (C=O) groups is 1. The number of aryl methyl sites for hydroxylation is 2. The second-order valence-electron chi connectivity index (χ2n) is 6.34. The van der Waals surface area contributed by atoms with E-state index in [9.17, 15) is 9.18 Å². The van der Waals surface area contributed by atoms with Crippen molar-refractivity contribution in [2.24, 2.45) is 0 Å². The van der Waals surface area contributed by atoms with Gasteiger partial charge < -0.3 is 9.42 Å². The largest absolute Gasteiger partial charge is 0.361 e. The molecule has 6 heteroatoms. The van der Waals surface area contributed by atoms with Crippen molar-refractivity contribution in [2.45, 2.75) is 31.0 Å². The Labute approximate surface area is 162 Å². The van der Waals surface area contributed by atoms with Crippen molar-refractivity contribution < 1.29 is 13.7 Å². The van der Waals surface area contributed by atoms with Crippen LogP contribution in [0.5, 0.6) is 0 Å². The van der Waals surface area contributed by atoms with E-state index in [4.69, 9.17) is 4.52 Å². The highest BCUT2D eigenvalue weighted by Gasteiger charge is 2.18. The zero-order chi connectivity index (χ0) is 19.4. The molecule has 3 aromatic rings. The maximum atomic E-state index is 13.9. The zero-order valence-corrected chi connectivity index (χ0v) is 16.3. The van der Waals surface area contributed by atoms with Crippen molar-refractivity contribution in [1.29, 1.82) is 0 Å². The predicted octanol–water partition coefficient (Wildman–Crippen LogP) is 5.00. The van der Waals surface area contributed by atoms with Crippen LogP contribution in [0.25, 0.3) is 0 Å². The lowest BCUT2D eigenvalue weighted by Gasteiger charge is -2.19. The molecule has 0 aliphatic rings. The van der Waals surface area contributed by atoms with Gasteiger partial charge in [-0.25, -0.2) is 4.39 Å². The number of hydrogen-bond acceptors (Lipinski definition) is 4. The number of halogens is 1. The smallest absolute Gasteiger partial charge is 0.255 e. The first kappa shape index (κ1) is 19.2. The maximum absolute atomic E-state index is 13.9. The molecular weight excluding hydrogens is 363 g/mol. The third kappa shape index (κ3) is 4.39. The summed E-state index contributed by atoms with van der Waals surface area (Å²) in [6, 6.07) is 14.0. The fourth-order valence-electron chi connectivity index (χ4n) is 2.79. The first-order chi connectivity index (χ1) is 13.0. The van der Waals surface area contributed by atoms with Crippen LogP contribution in [0.1, 0.15) is 32.9 Å². The average Bonchev–Trinajstić information content (AvgIpc) is 2.99. The summed E-state index contributed by atoms with van der Waals surface area (Å²) in [5.41, 5.74) is 3.00. The molecule has 1 aromatic heterocycles. The Morgan fingerprint density at radius 2 is 1.85 bits per heavy atom. The lowest BCUT2D eigenvalue weighted by Crippen LogP contribution is -2.27. The molecule has 0 atom stereocenters. The summed E-state index contributed by atoms with van der Waals surface area (Å²) in [7, 11) is 1.69. The second-order valence-corrected chi connectivity index (χ2v) is 7.36. The van der Waals surface area contributed by atoms with Crippen molar-refractivity contribution in [2.75, 3.05) is 7.05 Å². The number of aromatic nitrogens is 1. The number of carbonyl (C=O) groups excluding carboxylic acids is 1. The van der Waals surface area contributed by atoms with Crippen LogP contribution in [0.2, 0.25) is 0 Å². The van der Waals surface area contributed by atoms with Gasteiger partial charge in [0.1, 0.15) is 11.6 Å². The molecular formula is C21H21FN2O2S. The minimum Gasteiger partial charge on any atom is -0.361 e. The standard InChI is InChI=1S/C21H21FN2O2S/c1-14-18(15(2)26-23-14)13-27-20-11-7-5-9-17(20)21(25)24(3)12-16-8-4-6-10-19(16)22/h4-11H,12-13H2,1-3H3. The molecule has 3 rings (SSSR count). The van der Waals surface area contributed by atoms with Gasteiger partial charge in [0, 0.05) is 35.4 Å². The van der Waals surface area contributed by atoms with Crippen molar-refractivity contribution in [3.63, 3.8) is 0 Å². The van der Waals surface area contributed by atoms with E-state index >= 15 is 0 Å². The van der Waals surface area contributed by atoms with E-state index < -0.39 is 0 Å². The van der Waals surface area contributed by atoms with Crippen LogP contribution in [0.4, 0.5) is 4.39 Å². The minimum absolute atomic E-state index is 0.139. The van der Waals surface area contributed by atoms with Crippen molar-refractivity contribution in [1.82, 2.24) is 10.1 Å². The van der Waals surface area contributed by atoms with Crippen molar-refractivity contribution in [3.8, 4) is 0 Å². The summed E-state index contributed by atoms with van der Waals surface area (Å²) in [6.45, 7) is 4.01. The van der Waals surface area contributed by atoms with Crippen LogP contribution in [0, 0.1) is 19.7 Å². The van der Waals surface area contributed by atoms with E-state index in [0.717, 1.165) is 21.9 Å². The van der Waals surface area contributed by atoms with E-state index in [1.165, 1.54) is 11.0 Å². The van der Waals surface area contributed by atoms with Gasteiger partial charge in [-0.15, -0.1) is 11.8 Å². The fourth-order valence-corrected chi connectivity index (χ4v) is 3.98. The van der Waals surface area contributed by atoms with E-state index in [1.807, 2.05) is 32.0 Å². The highest BCUT2D eigenvalue weighted by Crippen LogP contribution is 2.29. The molecule has 0 aliphatic carbocycles. The molecule has 1 heterocycles. The summed E-state index contributed by atoms with van der Waals surface area (Å²) in [6.07, 6.45) is 0. The van der Waals surface area contributed by atoms with Gasteiger partial charge in [-0.1, -0.05) is 35.5 Å². The summed E-state index contributed by atoms with van der Waals surface area (Å²) >= 11 is 1.57. The molecule has 0 radical (unpaired) electrons. The molecule has 0 N–H and O–H groups in total. The monoisotopic (exact) mass is 384 g/mol. The predicted molar refractivity (Wildman–Crippen MR) is 104 cm³/mol. The second kappa shape index (κ2) is 8.39. The lowest BCUT2D eigenvalue weighted by molar-refractivity contribution is 0.0780. The molecule has 0 saturated carbocycles. The van der Waals surface area contributed by atoms with Crippen LogP contribution in [-0.4, -0.2) is 23.0 Å². The summed E-state index contributed by atoms with van der Waals surface area (Å²) in [4.78, 5) is 15.3. The Hall–Kier alpha value is -2.60. The van der Waals surface area contributed by atoms with Crippen molar-refractivity contribution >= 4 is 17.7 Å². The Kier molecular flexibility index (Phi) is 5.96. The van der Waals surface area contributed by atoms with E-state index in [2.05, 4.69) is 5.16 Å². The molecule has 2 aromatic carbocycles. The van der Waals surface area contributed by atoms with Gasteiger partial charge in [-0.3, -0.25) is 4.79 Å². The third-order valence-corrected chi connectivity index (χ3v) is 5.48. The lowest BCUT2D eigenvalue weighted by atomic mass is 10.1. The van der Waals surface area contributed by atoms with Gasteiger partial charge in [0.15, 0.2) is 0 Å². The Balaban J connectivity index is 1.76. The van der Waals surface area contributed by atoms with E-state index in [0.29, 0.717) is 16.9 Å². The quantitative estimate of drug-likeness (QED) is 0.562. The summed E-state index contributed by atoms with van der Waals surface area (Å²) in [5.74, 6) is 1.02. The van der Waals surface area contributed by atoms with Crippen molar-refractivity contribution in [3.05, 3.63) is 82.5 Å². The zero-order valence-electron chi connectivity index (χ0n) is 15.5. The molecule has 140 valence electrons. The molecule has 0 bridgehead atoms. The molecule has 0 unspecified atom stereocenters. The third-order valence-electron chi connectivity index (χ3n) is 4.38. The molecule has 0 saturated heterocycles. The molecule has 0 spiro atoms. The van der Waals surface area contributed by atoms with Gasteiger partial charge in [0.05, 0.1) is 11.3 Å². The van der Waals surface area contributed by atoms with Crippen LogP contribution >= 0.6 is 11.8 Å². The molecule has 27 heavy (non-hydrogen) atoms. The van der Waals surface area contributed by atoms with Gasteiger partial charge in [-0.2, -0.15) is 0 Å². The van der Waals surface area contributed by atoms with Crippen LogP contribution in [0.3, 0.4) is 0 Å². The first-order valence-corrected chi connectivity index (χ1v) is 9.58. The molecule has 0 fully saturated rings. The van der Waals surface area contributed by atoms with Gasteiger partial charge in [-0.05, 0) is 32.0 Å². The SMILES string of the molecule is Cc1noc(C)c1CSc1ccccc1C(=O)N(C)Cc1ccccc1F. The van der Waals surface area contributed by atoms with Gasteiger partial charge in [0.25, 0.3) is 5.91 Å². The number of thioether (sulfide) groups is 1. The summed E-state index contributed by atoms with van der Waals surface area (Å²) < 4.78 is 19.1. The van der Waals surface area contributed by atoms with Crippen LogP contribution in [0.15, 0.2) is 57.9 Å². The fraction of sp³-hybridized carbons (Fsp3) is 0.238. The summed E-state index contributed by atoms with van der Waals surface area (Å²) in [5, 5.41) is 3.97. The average molecular weight is 384 g/mol. The van der Waals surface area contributed by atoms with Crippen LogP contribution < -0.4 is 0 Å². The van der Waals surface area contributed by atoms with E-state index in [-0.39, 0.29) is 18.3 Å². The number of rotatable bonds is 6. The Bertz CT molecular complexity index is 935. The maximum Gasteiger partial charge on any atom is 0.255 e. The highest BCUT2D eigenvalue weighted by atomic mass is 32.2. The minimum atomic E-state index is -0.307. The number of hydrogen-bond donors (Lipinski definition) is 0. The molecule has 1 amide bonds.